The first-order valence-electron chi connectivity index (χ1n) is 5.73. The SMILES string of the molecule is O=C(c1ccccc1F)c1c[nH]c2cccc(F)c12. The number of nitrogens with one attached hydrogen (secondary N) is 1. The standard InChI is InChI=1S/C15H9F2NO/c16-11-5-2-1-4-9(11)15(19)10-8-18-13-7-3-6-12(17)14(10)13/h1-8,18H. The van der Waals surface area contributed by atoms with Crippen molar-refractivity contribution in [1.82, 2.24) is 4.98 Å². The molecule has 0 spiro atoms. The fourth-order valence-corrected chi connectivity index (χ4v) is 2.11. The van der Waals surface area contributed by atoms with Crippen molar-refractivity contribution >= 4 is 16.7 Å². The van der Waals surface area contributed by atoms with E-state index in [4.69, 9.17) is 0 Å². The molecule has 0 saturated heterocycles. The first-order valence-corrected chi connectivity index (χ1v) is 5.73. The lowest BCUT2D eigenvalue weighted by Gasteiger charge is -2.01. The summed E-state index contributed by atoms with van der Waals surface area (Å²) in [5.74, 6) is -1.65. The van der Waals surface area contributed by atoms with E-state index >= 15 is 0 Å². The normalized spacial score (nSPS) is 10.8. The number of ketones is 1. The van der Waals surface area contributed by atoms with E-state index in [2.05, 4.69) is 4.98 Å². The number of H-pyrrole nitrogens is 1. The molecule has 0 fully saturated rings. The molecule has 0 aliphatic heterocycles. The van der Waals surface area contributed by atoms with Crippen LogP contribution < -0.4 is 0 Å². The smallest absolute Gasteiger partial charge is 0.198 e. The maximum atomic E-state index is 13.8. The Balaban J connectivity index is 2.21. The zero-order valence-corrected chi connectivity index (χ0v) is 9.78. The highest BCUT2D eigenvalue weighted by molar-refractivity contribution is 6.16. The fourth-order valence-electron chi connectivity index (χ4n) is 2.11. The van der Waals surface area contributed by atoms with E-state index in [9.17, 15) is 13.6 Å². The quantitative estimate of drug-likeness (QED) is 0.698. The second-order valence-corrected chi connectivity index (χ2v) is 4.17. The van der Waals surface area contributed by atoms with Gasteiger partial charge in [-0.2, -0.15) is 0 Å². The Morgan fingerprint density at radius 2 is 1.63 bits per heavy atom. The summed E-state index contributed by atoms with van der Waals surface area (Å²) < 4.78 is 27.4. The van der Waals surface area contributed by atoms with Gasteiger partial charge < -0.3 is 4.98 Å². The van der Waals surface area contributed by atoms with Crippen molar-refractivity contribution in [1.29, 1.82) is 0 Å². The second kappa shape index (κ2) is 4.31. The Morgan fingerprint density at radius 3 is 2.42 bits per heavy atom. The van der Waals surface area contributed by atoms with Gasteiger partial charge in [0.2, 0.25) is 0 Å². The van der Waals surface area contributed by atoms with Crippen molar-refractivity contribution in [2.75, 3.05) is 0 Å². The number of aromatic amines is 1. The highest BCUT2D eigenvalue weighted by atomic mass is 19.1. The van der Waals surface area contributed by atoms with E-state index in [1.54, 1.807) is 18.2 Å². The molecule has 0 aliphatic rings. The third kappa shape index (κ3) is 1.81. The molecule has 3 aromatic rings. The molecule has 19 heavy (non-hydrogen) atoms. The molecule has 0 unspecified atom stereocenters. The lowest BCUT2D eigenvalue weighted by Crippen LogP contribution is -2.03. The maximum Gasteiger partial charge on any atom is 0.198 e. The molecule has 0 radical (unpaired) electrons. The number of carbonyl (C=O) groups excluding carboxylic acids is 1. The zero-order valence-electron chi connectivity index (χ0n) is 9.78. The minimum absolute atomic E-state index is 0.0633. The van der Waals surface area contributed by atoms with Crippen LogP contribution in [0.15, 0.2) is 48.7 Å². The van der Waals surface area contributed by atoms with Gasteiger partial charge in [-0.05, 0) is 24.3 Å². The number of fused-ring (bicyclic) bond motifs is 1. The van der Waals surface area contributed by atoms with E-state index in [0.29, 0.717) is 5.52 Å². The zero-order chi connectivity index (χ0) is 13.4. The summed E-state index contributed by atoms with van der Waals surface area (Å²) in [6.45, 7) is 0. The molecule has 1 heterocycles. The number of aromatic nitrogens is 1. The third-order valence-electron chi connectivity index (χ3n) is 3.02. The van der Waals surface area contributed by atoms with Crippen LogP contribution in [0.3, 0.4) is 0 Å². The number of carbonyl (C=O) groups is 1. The van der Waals surface area contributed by atoms with Gasteiger partial charge in [-0.3, -0.25) is 4.79 Å². The van der Waals surface area contributed by atoms with Crippen molar-refractivity contribution < 1.29 is 13.6 Å². The van der Waals surface area contributed by atoms with Gasteiger partial charge in [-0.1, -0.05) is 18.2 Å². The molecule has 0 atom stereocenters. The van der Waals surface area contributed by atoms with Gasteiger partial charge in [0.1, 0.15) is 11.6 Å². The van der Waals surface area contributed by atoms with Crippen LogP contribution in [0, 0.1) is 11.6 Å². The summed E-state index contributed by atoms with van der Waals surface area (Å²) in [6, 6.07) is 10.1. The predicted molar refractivity (Wildman–Crippen MR) is 68.1 cm³/mol. The first-order chi connectivity index (χ1) is 9.18. The molecule has 1 N–H and O–H groups in total. The predicted octanol–water partition coefficient (Wildman–Crippen LogP) is 3.68. The van der Waals surface area contributed by atoms with E-state index in [-0.39, 0.29) is 16.5 Å². The summed E-state index contributed by atoms with van der Waals surface area (Å²) in [6.07, 6.45) is 1.41. The van der Waals surface area contributed by atoms with Crippen molar-refractivity contribution in [2.45, 2.75) is 0 Å². The maximum absolute atomic E-state index is 13.8. The van der Waals surface area contributed by atoms with E-state index in [0.717, 1.165) is 0 Å². The van der Waals surface area contributed by atoms with E-state index < -0.39 is 17.4 Å². The molecule has 1 aromatic heterocycles. The van der Waals surface area contributed by atoms with Crippen LogP contribution in [0.25, 0.3) is 10.9 Å². The molecule has 2 nitrogen and oxygen atoms in total. The molecule has 0 saturated carbocycles. The average molecular weight is 257 g/mol. The molecule has 0 bridgehead atoms. The molecule has 0 amide bonds. The number of halogens is 2. The van der Waals surface area contributed by atoms with Crippen LogP contribution in [-0.2, 0) is 0 Å². The minimum atomic E-state index is -0.613. The summed E-state index contributed by atoms with van der Waals surface area (Å²) >= 11 is 0. The summed E-state index contributed by atoms with van der Waals surface area (Å²) in [4.78, 5) is 15.1. The Hall–Kier alpha value is -2.49. The van der Waals surface area contributed by atoms with Gasteiger partial charge in [0, 0.05) is 17.1 Å². The number of rotatable bonds is 2. The molecular weight excluding hydrogens is 248 g/mol. The third-order valence-corrected chi connectivity index (χ3v) is 3.02. The fraction of sp³-hybridized carbons (Fsp3) is 0. The second-order valence-electron chi connectivity index (χ2n) is 4.17. The van der Waals surface area contributed by atoms with Gasteiger partial charge in [0.05, 0.1) is 11.1 Å². The van der Waals surface area contributed by atoms with E-state index in [1.165, 1.54) is 30.5 Å². The first kappa shape index (κ1) is 11.6. The van der Waals surface area contributed by atoms with Gasteiger partial charge in [-0.25, -0.2) is 8.78 Å². The molecule has 4 heteroatoms. The Morgan fingerprint density at radius 1 is 0.895 bits per heavy atom. The number of hydrogen-bond acceptors (Lipinski definition) is 1. The van der Waals surface area contributed by atoms with E-state index in [1.807, 2.05) is 0 Å². The van der Waals surface area contributed by atoms with Crippen molar-refractivity contribution in [3.63, 3.8) is 0 Å². The van der Waals surface area contributed by atoms with Gasteiger partial charge in [-0.15, -0.1) is 0 Å². The summed E-state index contributed by atoms with van der Waals surface area (Å²) in [5.41, 5.74) is 0.588. The molecule has 94 valence electrons. The highest BCUT2D eigenvalue weighted by Gasteiger charge is 2.19. The summed E-state index contributed by atoms with van der Waals surface area (Å²) in [7, 11) is 0. The minimum Gasteiger partial charge on any atom is -0.360 e. The van der Waals surface area contributed by atoms with Crippen LogP contribution in [0.1, 0.15) is 15.9 Å². The Kier molecular flexibility index (Phi) is 2.63. The van der Waals surface area contributed by atoms with Crippen LogP contribution in [0.4, 0.5) is 8.78 Å². The Labute approximate surface area is 107 Å². The topological polar surface area (TPSA) is 32.9 Å². The van der Waals surface area contributed by atoms with Crippen LogP contribution in [-0.4, -0.2) is 10.8 Å². The number of benzene rings is 2. The van der Waals surface area contributed by atoms with Crippen molar-refractivity contribution in [3.8, 4) is 0 Å². The molecule has 2 aromatic carbocycles. The van der Waals surface area contributed by atoms with Gasteiger partial charge >= 0.3 is 0 Å². The van der Waals surface area contributed by atoms with Gasteiger partial charge in [0.15, 0.2) is 5.78 Å². The molecule has 3 rings (SSSR count). The van der Waals surface area contributed by atoms with Crippen LogP contribution in [0.2, 0.25) is 0 Å². The largest absolute Gasteiger partial charge is 0.360 e. The monoisotopic (exact) mass is 257 g/mol. The molecular formula is C15H9F2NO. The summed E-state index contributed by atoms with van der Waals surface area (Å²) in [5, 5.41) is 0.191. The van der Waals surface area contributed by atoms with Crippen molar-refractivity contribution in [2.24, 2.45) is 0 Å². The van der Waals surface area contributed by atoms with Crippen LogP contribution >= 0.6 is 0 Å². The lowest BCUT2D eigenvalue weighted by molar-refractivity contribution is 0.103. The highest BCUT2D eigenvalue weighted by Crippen LogP contribution is 2.24. The van der Waals surface area contributed by atoms with Gasteiger partial charge in [0.25, 0.3) is 0 Å². The molecule has 0 aliphatic carbocycles. The number of hydrogen-bond donors (Lipinski definition) is 1. The Bertz CT molecular complexity index is 777. The van der Waals surface area contributed by atoms with Crippen molar-refractivity contribution in [3.05, 3.63) is 71.4 Å². The lowest BCUT2D eigenvalue weighted by atomic mass is 10.0. The van der Waals surface area contributed by atoms with Crippen LogP contribution in [0.5, 0.6) is 0 Å². The average Bonchev–Trinajstić information content (AvgIpc) is 2.84.